The number of aliphatic imine (C=N–C) groups is 2. The number of pyridine rings is 1. The van der Waals surface area contributed by atoms with Gasteiger partial charge >= 0.3 is 0 Å². The number of nitrogens with zero attached hydrogens (tertiary/aromatic N) is 5. The Kier molecular flexibility index (Phi) is 6.38. The molecule has 3 aliphatic rings. The van der Waals surface area contributed by atoms with Gasteiger partial charge in [0.25, 0.3) is 0 Å². The molecule has 1 saturated heterocycles. The molecule has 2 unspecified atom stereocenters. The minimum atomic E-state index is -0.159. The Hall–Kier alpha value is -3.71. The first-order valence-corrected chi connectivity index (χ1v) is 13.3. The summed E-state index contributed by atoms with van der Waals surface area (Å²) >= 11 is 5.75. The predicted molar refractivity (Wildman–Crippen MR) is 148 cm³/mol. The van der Waals surface area contributed by atoms with Crippen LogP contribution in [0.3, 0.4) is 0 Å². The predicted octanol–water partition coefficient (Wildman–Crippen LogP) is 4.74. The first-order valence-electron chi connectivity index (χ1n) is 12.8. The van der Waals surface area contributed by atoms with E-state index in [2.05, 4.69) is 52.4 Å². The van der Waals surface area contributed by atoms with Gasteiger partial charge in [-0.2, -0.15) is 0 Å². The number of carbonyl (C=O) groups excluding carboxylic acids is 1. The summed E-state index contributed by atoms with van der Waals surface area (Å²) in [5, 5.41) is 1.09. The third-order valence-electron chi connectivity index (χ3n) is 7.62. The van der Waals surface area contributed by atoms with Crippen molar-refractivity contribution in [3.8, 4) is 11.3 Å². The van der Waals surface area contributed by atoms with Crippen LogP contribution in [0.4, 0.5) is 0 Å². The Bertz CT molecular complexity index is 1410. The number of rotatable bonds is 5. The number of aromatic nitrogens is 1. The molecule has 0 radical (unpaired) electrons. The minimum Gasteiger partial charge on any atom is -0.385 e. The molecule has 3 aliphatic heterocycles. The molecule has 4 heterocycles. The number of fused-ring (bicyclic) bond motifs is 2. The first kappa shape index (κ1) is 23.7. The number of amides is 1. The maximum absolute atomic E-state index is 12.0. The second kappa shape index (κ2) is 9.98. The van der Waals surface area contributed by atoms with Gasteiger partial charge in [0.1, 0.15) is 29.6 Å². The molecule has 1 aromatic heterocycles. The highest BCUT2D eigenvalue weighted by Gasteiger charge is 2.40. The molecule has 188 valence electrons. The zero-order valence-electron chi connectivity index (χ0n) is 20.5. The highest BCUT2D eigenvalue weighted by molar-refractivity contribution is 6.27. The van der Waals surface area contributed by atoms with Crippen molar-refractivity contribution in [1.82, 2.24) is 14.8 Å². The van der Waals surface area contributed by atoms with Crippen molar-refractivity contribution in [3.63, 3.8) is 0 Å². The molecule has 0 spiro atoms. The van der Waals surface area contributed by atoms with E-state index < -0.39 is 0 Å². The average Bonchev–Trinajstić information content (AvgIpc) is 3.32. The molecule has 1 fully saturated rings. The molecule has 0 saturated carbocycles. The van der Waals surface area contributed by atoms with Crippen molar-refractivity contribution in [1.29, 1.82) is 0 Å². The van der Waals surface area contributed by atoms with Crippen molar-refractivity contribution >= 4 is 40.1 Å². The van der Waals surface area contributed by atoms with Crippen molar-refractivity contribution in [2.75, 3.05) is 19.0 Å². The first-order chi connectivity index (χ1) is 18.1. The lowest BCUT2D eigenvalue weighted by Gasteiger charge is -2.33. The normalized spacial score (nSPS) is 21.6. The lowest BCUT2D eigenvalue weighted by Crippen LogP contribution is -2.46. The van der Waals surface area contributed by atoms with Gasteiger partial charge in [0.15, 0.2) is 0 Å². The van der Waals surface area contributed by atoms with Crippen molar-refractivity contribution in [2.45, 2.75) is 31.3 Å². The summed E-state index contributed by atoms with van der Waals surface area (Å²) in [4.78, 5) is 30.6. The third kappa shape index (κ3) is 4.60. The van der Waals surface area contributed by atoms with E-state index in [1.165, 1.54) is 0 Å². The minimum absolute atomic E-state index is 0.0155. The van der Waals surface area contributed by atoms with Crippen LogP contribution < -0.4 is 5.73 Å². The van der Waals surface area contributed by atoms with Crippen LogP contribution in [0.2, 0.25) is 0 Å². The van der Waals surface area contributed by atoms with E-state index in [0.717, 1.165) is 65.9 Å². The van der Waals surface area contributed by atoms with E-state index >= 15 is 0 Å². The number of hydrogen-bond acceptors (Lipinski definition) is 6. The number of piperidine rings is 1. The van der Waals surface area contributed by atoms with Crippen molar-refractivity contribution in [2.24, 2.45) is 21.6 Å². The summed E-state index contributed by atoms with van der Waals surface area (Å²) in [5.74, 6) is 2.11. The summed E-state index contributed by atoms with van der Waals surface area (Å²) in [6, 6.07) is 20.5. The molecule has 37 heavy (non-hydrogen) atoms. The molecular weight excluding hydrogens is 484 g/mol. The molecule has 3 aromatic rings. The number of likely N-dealkylation sites (tertiary alicyclic amines) is 1. The van der Waals surface area contributed by atoms with E-state index in [9.17, 15) is 4.79 Å². The van der Waals surface area contributed by atoms with Gasteiger partial charge in [-0.3, -0.25) is 9.79 Å². The van der Waals surface area contributed by atoms with Gasteiger partial charge < -0.3 is 15.5 Å². The molecule has 2 aromatic carbocycles. The van der Waals surface area contributed by atoms with E-state index in [4.69, 9.17) is 27.3 Å². The Morgan fingerprint density at radius 1 is 1.05 bits per heavy atom. The SMILES string of the molecule is NC1=NC=CN2C(CC3CCN(C(=O)CCl)CC3)=NC(c3ccc4ccc(-c5ccccc5)nc4c3)C12. The van der Waals surface area contributed by atoms with Gasteiger partial charge in [-0.15, -0.1) is 11.6 Å². The third-order valence-corrected chi connectivity index (χ3v) is 7.85. The number of carbonyl (C=O) groups is 1. The lowest BCUT2D eigenvalue weighted by molar-refractivity contribution is -0.129. The van der Waals surface area contributed by atoms with Crippen LogP contribution in [-0.4, -0.2) is 57.4 Å². The Balaban J connectivity index is 1.28. The highest BCUT2D eigenvalue weighted by atomic mass is 35.5. The molecule has 2 atom stereocenters. The van der Waals surface area contributed by atoms with E-state index in [0.29, 0.717) is 11.8 Å². The molecule has 2 N–H and O–H groups in total. The maximum atomic E-state index is 12.0. The van der Waals surface area contributed by atoms with Crippen LogP contribution in [0.15, 0.2) is 83.0 Å². The zero-order chi connectivity index (χ0) is 25.4. The van der Waals surface area contributed by atoms with Crippen LogP contribution >= 0.6 is 11.6 Å². The Morgan fingerprint density at radius 2 is 1.84 bits per heavy atom. The van der Waals surface area contributed by atoms with Gasteiger partial charge in [0, 0.05) is 42.9 Å². The molecule has 7 nitrogen and oxygen atoms in total. The van der Waals surface area contributed by atoms with E-state index in [1.807, 2.05) is 29.3 Å². The number of alkyl halides is 1. The van der Waals surface area contributed by atoms with Crippen LogP contribution in [-0.2, 0) is 4.79 Å². The van der Waals surface area contributed by atoms with Crippen LogP contribution in [0.5, 0.6) is 0 Å². The fourth-order valence-electron chi connectivity index (χ4n) is 5.59. The number of hydrogen-bond donors (Lipinski definition) is 1. The summed E-state index contributed by atoms with van der Waals surface area (Å²) < 4.78 is 0. The maximum Gasteiger partial charge on any atom is 0.237 e. The van der Waals surface area contributed by atoms with E-state index in [1.54, 1.807) is 6.20 Å². The van der Waals surface area contributed by atoms with Gasteiger partial charge in [-0.25, -0.2) is 9.98 Å². The zero-order valence-corrected chi connectivity index (χ0v) is 21.3. The molecule has 8 heteroatoms. The van der Waals surface area contributed by atoms with Crippen molar-refractivity contribution in [3.05, 3.63) is 78.6 Å². The molecule has 0 bridgehead atoms. The van der Waals surface area contributed by atoms with Crippen LogP contribution in [0.25, 0.3) is 22.2 Å². The Labute approximate surface area is 221 Å². The molecular formula is C29H29ClN6O. The average molecular weight is 513 g/mol. The fourth-order valence-corrected chi connectivity index (χ4v) is 5.76. The van der Waals surface area contributed by atoms with Gasteiger partial charge in [0.2, 0.25) is 5.91 Å². The molecule has 0 aliphatic carbocycles. The Morgan fingerprint density at radius 3 is 2.62 bits per heavy atom. The molecule has 6 rings (SSSR count). The summed E-state index contributed by atoms with van der Waals surface area (Å²) in [6.07, 6.45) is 6.47. The second-order valence-electron chi connectivity index (χ2n) is 9.87. The second-order valence-corrected chi connectivity index (χ2v) is 10.1. The quantitative estimate of drug-likeness (QED) is 0.500. The van der Waals surface area contributed by atoms with Gasteiger partial charge in [-0.1, -0.05) is 48.5 Å². The standard InChI is InChI=1S/C29H29ClN6O/c30-18-26(37)35-13-10-19(11-14-35)16-25-34-27(28-29(31)32-12-15-36(25)28)22-7-6-21-8-9-23(33-24(21)17-22)20-4-2-1-3-5-20/h1-9,12,15,17,19,27-28H,10-11,13-14,16,18H2,(H2,31,32). The van der Waals surface area contributed by atoms with Crippen molar-refractivity contribution < 1.29 is 4.79 Å². The number of nitrogens with two attached hydrogens (primary N) is 1. The van der Waals surface area contributed by atoms with Gasteiger partial charge in [0.05, 0.1) is 11.2 Å². The van der Waals surface area contributed by atoms with Crippen LogP contribution in [0.1, 0.15) is 30.9 Å². The summed E-state index contributed by atoms with van der Waals surface area (Å²) in [7, 11) is 0. The number of halogens is 1. The van der Waals surface area contributed by atoms with Gasteiger partial charge in [-0.05, 0) is 36.5 Å². The van der Waals surface area contributed by atoms with E-state index in [-0.39, 0.29) is 23.9 Å². The summed E-state index contributed by atoms with van der Waals surface area (Å²) in [6.45, 7) is 1.49. The number of amidine groups is 2. The monoisotopic (exact) mass is 512 g/mol. The van der Waals surface area contributed by atoms with Crippen LogP contribution in [0, 0.1) is 5.92 Å². The largest absolute Gasteiger partial charge is 0.385 e. The highest BCUT2D eigenvalue weighted by Crippen LogP contribution is 2.37. The topological polar surface area (TPSA) is 87.2 Å². The molecule has 1 amide bonds. The lowest BCUT2D eigenvalue weighted by atomic mass is 9.92. The number of benzene rings is 2. The smallest absolute Gasteiger partial charge is 0.237 e. The summed E-state index contributed by atoms with van der Waals surface area (Å²) in [5.41, 5.74) is 10.5. The fraction of sp³-hybridized carbons (Fsp3) is 0.310.